The average Bonchev–Trinajstić information content (AvgIpc) is 3.46. The van der Waals surface area contributed by atoms with Crippen LogP contribution in [-0.2, 0) is 27.5 Å². The molecule has 0 bridgehead atoms. The van der Waals surface area contributed by atoms with Gasteiger partial charge in [-0.15, -0.1) is 0 Å². The van der Waals surface area contributed by atoms with Crippen molar-refractivity contribution in [3.63, 3.8) is 0 Å². The van der Waals surface area contributed by atoms with Crippen LogP contribution in [0.5, 0.6) is 11.5 Å². The highest BCUT2D eigenvalue weighted by atomic mass is 19.4. The van der Waals surface area contributed by atoms with Crippen LogP contribution in [-0.4, -0.2) is 61.9 Å². The van der Waals surface area contributed by atoms with Gasteiger partial charge < -0.3 is 29.7 Å². The van der Waals surface area contributed by atoms with Gasteiger partial charge in [0, 0.05) is 37.8 Å². The quantitative estimate of drug-likeness (QED) is 0.167. The second-order valence-electron chi connectivity index (χ2n) is 13.0. The van der Waals surface area contributed by atoms with Gasteiger partial charge in [0.15, 0.2) is 6.10 Å². The number of nitrogens with one attached hydrogen (secondary N) is 2. The van der Waals surface area contributed by atoms with Crippen LogP contribution in [0.15, 0.2) is 72.8 Å². The van der Waals surface area contributed by atoms with Crippen LogP contribution in [0.2, 0.25) is 0 Å². The third-order valence-corrected chi connectivity index (χ3v) is 8.59. The molecule has 252 valence electrons. The number of piperidine rings is 1. The number of carbonyl (C=O) groups is 2. The van der Waals surface area contributed by atoms with Crippen LogP contribution in [0.1, 0.15) is 44.4 Å². The number of rotatable bonds is 12. The zero-order chi connectivity index (χ0) is 33.8. The number of benzene rings is 3. The number of hydrogen-bond acceptors (Lipinski definition) is 6. The summed E-state index contributed by atoms with van der Waals surface area (Å²) in [6.45, 7) is 10.8. The fourth-order valence-electron chi connectivity index (χ4n) is 5.88. The number of alkyl halides is 3. The highest BCUT2D eigenvalue weighted by Crippen LogP contribution is 2.45. The van der Waals surface area contributed by atoms with E-state index in [-0.39, 0.29) is 18.1 Å². The van der Waals surface area contributed by atoms with Crippen LogP contribution < -0.4 is 20.1 Å². The highest BCUT2D eigenvalue weighted by molar-refractivity contribution is 5.89. The van der Waals surface area contributed by atoms with Gasteiger partial charge in [0.25, 0.3) is 0 Å². The summed E-state index contributed by atoms with van der Waals surface area (Å²) in [5, 5.41) is 6.18. The van der Waals surface area contributed by atoms with Gasteiger partial charge in [-0.25, -0.2) is 9.59 Å². The predicted molar refractivity (Wildman–Crippen MR) is 173 cm³/mol. The molecular formula is C36H42F3N3O5. The van der Waals surface area contributed by atoms with Gasteiger partial charge >= 0.3 is 18.2 Å². The minimum absolute atomic E-state index is 0.0164. The number of ether oxygens (including phenoxy) is 3. The Hall–Kier alpha value is -4.25. The highest BCUT2D eigenvalue weighted by Gasteiger charge is 2.56. The van der Waals surface area contributed by atoms with Crippen LogP contribution in [0.4, 0.5) is 23.7 Å². The molecule has 4 atom stereocenters. The topological polar surface area (TPSA) is 89.1 Å². The maximum atomic E-state index is 12.8. The largest absolute Gasteiger partial charge is 0.492 e. The van der Waals surface area contributed by atoms with Crippen molar-refractivity contribution in [1.82, 2.24) is 10.2 Å². The Morgan fingerprint density at radius 2 is 1.47 bits per heavy atom. The first-order valence-electron chi connectivity index (χ1n) is 15.9. The average molecular weight is 654 g/mol. The number of likely N-dealkylation sites (tertiary alicyclic amines) is 1. The smallest absolute Gasteiger partial charge is 0.416 e. The van der Waals surface area contributed by atoms with E-state index in [1.165, 1.54) is 17.7 Å². The molecule has 2 amide bonds. The molecule has 11 heteroatoms. The lowest BCUT2D eigenvalue weighted by molar-refractivity contribution is -0.151. The maximum absolute atomic E-state index is 12.8. The molecule has 5 rings (SSSR count). The minimum atomic E-state index is -4.41. The number of esters is 1. The Labute approximate surface area is 273 Å². The molecule has 0 radical (unpaired) electrons. The van der Waals surface area contributed by atoms with Gasteiger partial charge in [-0.3, -0.25) is 0 Å². The molecule has 47 heavy (non-hydrogen) atoms. The molecule has 1 heterocycles. The third kappa shape index (κ3) is 8.97. The number of carbonyl (C=O) groups excluding carboxylic acids is 2. The monoisotopic (exact) mass is 653 g/mol. The molecule has 3 aromatic carbocycles. The Morgan fingerprint density at radius 3 is 2.04 bits per heavy atom. The minimum Gasteiger partial charge on any atom is -0.492 e. The lowest BCUT2D eigenvalue weighted by Crippen LogP contribution is -2.38. The van der Waals surface area contributed by atoms with E-state index in [2.05, 4.69) is 31.4 Å². The lowest BCUT2D eigenvalue weighted by Gasteiger charge is -2.21. The van der Waals surface area contributed by atoms with E-state index in [4.69, 9.17) is 14.2 Å². The van der Waals surface area contributed by atoms with E-state index in [1.54, 1.807) is 11.8 Å². The SMILES string of the molecule is CCOC(=O)[C@H](Cc1ccc(OCCNC2[C@H]3CN(C(=O)Nc4ccc(C(F)(F)F)cc4)C[C@@H]23)cc1)Oc1ccc(C(C)(C)C)cc1. The van der Waals surface area contributed by atoms with Gasteiger partial charge in [-0.1, -0.05) is 45.0 Å². The van der Waals surface area contributed by atoms with E-state index in [0.29, 0.717) is 67.7 Å². The van der Waals surface area contributed by atoms with E-state index in [1.807, 2.05) is 48.5 Å². The van der Waals surface area contributed by atoms with Crippen LogP contribution in [0, 0.1) is 11.8 Å². The molecule has 2 N–H and O–H groups in total. The first kappa shape index (κ1) is 34.1. The van der Waals surface area contributed by atoms with Crippen molar-refractivity contribution < 1.29 is 37.0 Å². The fraction of sp³-hybridized carbons (Fsp3) is 0.444. The van der Waals surface area contributed by atoms with E-state index < -0.39 is 23.8 Å². The normalized spacial score (nSPS) is 19.5. The first-order valence-corrected chi connectivity index (χ1v) is 15.9. The van der Waals surface area contributed by atoms with Crippen molar-refractivity contribution in [3.8, 4) is 11.5 Å². The Balaban J connectivity index is 1.02. The summed E-state index contributed by atoms with van der Waals surface area (Å²) in [7, 11) is 0. The predicted octanol–water partition coefficient (Wildman–Crippen LogP) is 6.69. The summed E-state index contributed by atoms with van der Waals surface area (Å²) in [4.78, 5) is 27.0. The van der Waals surface area contributed by atoms with Gasteiger partial charge in [0.1, 0.15) is 18.1 Å². The van der Waals surface area contributed by atoms with E-state index >= 15 is 0 Å². The van der Waals surface area contributed by atoms with Crippen molar-refractivity contribution >= 4 is 17.7 Å². The van der Waals surface area contributed by atoms with Gasteiger partial charge in [0.2, 0.25) is 0 Å². The Morgan fingerprint density at radius 1 is 0.872 bits per heavy atom. The number of hydrogen-bond donors (Lipinski definition) is 2. The molecule has 2 aliphatic rings. The second kappa shape index (κ2) is 14.3. The van der Waals surface area contributed by atoms with Crippen molar-refractivity contribution in [1.29, 1.82) is 0 Å². The van der Waals surface area contributed by atoms with Gasteiger partial charge in [-0.2, -0.15) is 13.2 Å². The first-order chi connectivity index (χ1) is 22.3. The molecule has 1 aliphatic carbocycles. The van der Waals surface area contributed by atoms with E-state index in [0.717, 1.165) is 17.7 Å². The number of anilines is 1. The Kier molecular flexibility index (Phi) is 10.3. The zero-order valence-corrected chi connectivity index (χ0v) is 27.1. The summed E-state index contributed by atoms with van der Waals surface area (Å²) < 4.78 is 55.5. The van der Waals surface area contributed by atoms with Crippen LogP contribution in [0.3, 0.4) is 0 Å². The van der Waals surface area contributed by atoms with Crippen molar-refractivity contribution in [2.24, 2.45) is 11.8 Å². The summed E-state index contributed by atoms with van der Waals surface area (Å²) in [6.07, 6.45) is -4.84. The Bertz CT molecular complexity index is 1490. The number of fused-ring (bicyclic) bond motifs is 1. The summed E-state index contributed by atoms with van der Waals surface area (Å²) >= 11 is 0. The van der Waals surface area contributed by atoms with Crippen LogP contribution in [0.25, 0.3) is 0 Å². The van der Waals surface area contributed by atoms with Crippen molar-refractivity contribution in [2.75, 3.05) is 38.2 Å². The number of amides is 2. The van der Waals surface area contributed by atoms with Gasteiger partial charge in [0.05, 0.1) is 12.2 Å². The molecule has 3 aromatic rings. The third-order valence-electron chi connectivity index (χ3n) is 8.59. The summed E-state index contributed by atoms with van der Waals surface area (Å²) in [6, 6.07) is 19.8. The zero-order valence-electron chi connectivity index (χ0n) is 27.1. The summed E-state index contributed by atoms with van der Waals surface area (Å²) in [5.41, 5.74) is 1.69. The van der Waals surface area contributed by atoms with Crippen molar-refractivity contribution in [3.05, 3.63) is 89.5 Å². The number of urea groups is 1. The molecule has 0 aromatic heterocycles. The van der Waals surface area contributed by atoms with E-state index in [9.17, 15) is 22.8 Å². The second-order valence-corrected chi connectivity index (χ2v) is 13.0. The van der Waals surface area contributed by atoms with Crippen LogP contribution >= 0.6 is 0 Å². The molecule has 0 spiro atoms. The molecule has 1 aliphatic heterocycles. The number of halogens is 3. The molecule has 2 fully saturated rings. The van der Waals surface area contributed by atoms with Crippen molar-refractivity contribution in [2.45, 2.75) is 57.9 Å². The molecular weight excluding hydrogens is 611 g/mol. The molecule has 1 saturated carbocycles. The molecule has 1 unspecified atom stereocenters. The number of nitrogens with zero attached hydrogens (tertiary/aromatic N) is 1. The lowest BCUT2D eigenvalue weighted by atomic mass is 9.87. The fourth-order valence-corrected chi connectivity index (χ4v) is 5.88. The summed E-state index contributed by atoms with van der Waals surface area (Å²) in [5.74, 6) is 1.60. The maximum Gasteiger partial charge on any atom is 0.416 e. The molecule has 1 saturated heterocycles. The molecule has 8 nitrogen and oxygen atoms in total. The standard InChI is InChI=1S/C36H42F3N3O5/c1-5-45-33(43)31(47-28-16-10-24(11-17-28)35(2,3)4)20-23-6-14-27(15-7-23)46-19-18-40-32-29-21-42(22-30(29)32)34(44)41-26-12-8-25(9-13-26)36(37,38)39/h6-17,29-32,40H,5,18-22H2,1-4H3,(H,41,44)/t29-,30+,31-,32?/m0/s1. The van der Waals surface area contributed by atoms with Gasteiger partial charge in [-0.05, 0) is 83.8 Å².